The van der Waals surface area contributed by atoms with Gasteiger partial charge in [-0.05, 0) is 37.3 Å². The molecule has 128 valence electrons. The molecule has 2 aromatic heterocycles. The Labute approximate surface area is 157 Å². The van der Waals surface area contributed by atoms with Gasteiger partial charge in [0.05, 0.1) is 24.0 Å². The van der Waals surface area contributed by atoms with E-state index >= 15 is 0 Å². The Morgan fingerprint density at radius 3 is 2.96 bits per heavy atom. The van der Waals surface area contributed by atoms with E-state index < -0.39 is 0 Å². The summed E-state index contributed by atoms with van der Waals surface area (Å²) in [5.74, 6) is 0.274. The number of carbonyl (C=O) groups is 1. The third-order valence-corrected chi connectivity index (χ3v) is 4.25. The van der Waals surface area contributed by atoms with Crippen LogP contribution in [0.3, 0.4) is 0 Å². The van der Waals surface area contributed by atoms with Gasteiger partial charge in [0.2, 0.25) is 0 Å². The van der Waals surface area contributed by atoms with Gasteiger partial charge < -0.3 is 4.74 Å². The number of amides is 1. The lowest BCUT2D eigenvalue weighted by atomic mass is 10.2. The second kappa shape index (κ2) is 7.25. The molecule has 0 fully saturated rings. The van der Waals surface area contributed by atoms with Crippen molar-refractivity contribution in [2.24, 2.45) is 5.10 Å². The van der Waals surface area contributed by atoms with Crippen LogP contribution in [0.15, 0.2) is 46.1 Å². The molecule has 3 aromatic rings. The average Bonchev–Trinajstić information content (AvgIpc) is 2.90. The number of rotatable bonds is 4. The Morgan fingerprint density at radius 2 is 2.20 bits per heavy atom. The molecule has 0 radical (unpaired) electrons. The summed E-state index contributed by atoms with van der Waals surface area (Å²) in [6, 6.07) is 8.99. The minimum atomic E-state index is -0.377. The van der Waals surface area contributed by atoms with Gasteiger partial charge in [0.15, 0.2) is 0 Å². The van der Waals surface area contributed by atoms with Crippen molar-refractivity contribution in [2.75, 3.05) is 7.11 Å². The minimum Gasteiger partial charge on any atom is -0.496 e. The molecule has 3 rings (SSSR count). The molecule has 0 aliphatic heterocycles. The van der Waals surface area contributed by atoms with Crippen LogP contribution in [0.1, 0.15) is 21.7 Å². The normalized spacial score (nSPS) is 11.2. The van der Waals surface area contributed by atoms with Crippen molar-refractivity contribution >= 4 is 45.3 Å². The number of imidazole rings is 1. The third kappa shape index (κ3) is 3.67. The first-order valence-electron chi connectivity index (χ1n) is 7.30. The van der Waals surface area contributed by atoms with Crippen molar-refractivity contribution < 1.29 is 9.53 Å². The minimum absolute atomic E-state index is 0.377. The predicted molar refractivity (Wildman–Crippen MR) is 101 cm³/mol. The fourth-order valence-electron chi connectivity index (χ4n) is 2.43. The van der Waals surface area contributed by atoms with Crippen molar-refractivity contribution in [2.45, 2.75) is 6.92 Å². The molecule has 25 heavy (non-hydrogen) atoms. The number of nitrogens with one attached hydrogen (secondary N) is 1. The van der Waals surface area contributed by atoms with Gasteiger partial charge >= 0.3 is 0 Å². The summed E-state index contributed by atoms with van der Waals surface area (Å²) < 4.78 is 7.79. The predicted octanol–water partition coefficient (Wildman–Crippen LogP) is 3.83. The van der Waals surface area contributed by atoms with Gasteiger partial charge in [-0.2, -0.15) is 5.10 Å². The number of methoxy groups -OCH3 is 1. The maximum Gasteiger partial charge on any atom is 0.290 e. The quantitative estimate of drug-likeness (QED) is 0.514. The number of carbonyl (C=O) groups excluding carboxylic acids is 1. The molecule has 0 aliphatic carbocycles. The second-order valence-corrected chi connectivity index (χ2v) is 6.56. The van der Waals surface area contributed by atoms with E-state index in [1.165, 1.54) is 6.21 Å². The van der Waals surface area contributed by atoms with E-state index in [0.717, 1.165) is 10.0 Å². The van der Waals surface area contributed by atoms with Crippen LogP contribution in [0.4, 0.5) is 0 Å². The number of aromatic nitrogens is 2. The summed E-state index contributed by atoms with van der Waals surface area (Å²) in [7, 11) is 1.57. The van der Waals surface area contributed by atoms with Crippen molar-refractivity contribution in [3.8, 4) is 5.75 Å². The third-order valence-electron chi connectivity index (χ3n) is 3.53. The number of aryl methyl sites for hydroxylation is 1. The Balaban J connectivity index is 1.85. The van der Waals surface area contributed by atoms with Crippen molar-refractivity contribution in [1.82, 2.24) is 14.8 Å². The molecule has 0 spiro atoms. The van der Waals surface area contributed by atoms with E-state index in [0.29, 0.717) is 27.8 Å². The van der Waals surface area contributed by atoms with Crippen molar-refractivity contribution in [1.29, 1.82) is 0 Å². The summed E-state index contributed by atoms with van der Waals surface area (Å²) in [5.41, 5.74) is 4.86. The van der Waals surface area contributed by atoms with Crippen LogP contribution in [-0.4, -0.2) is 28.6 Å². The zero-order chi connectivity index (χ0) is 18.0. The number of hydrazone groups is 1. The van der Waals surface area contributed by atoms with Gasteiger partial charge in [0, 0.05) is 16.2 Å². The molecule has 0 saturated heterocycles. The van der Waals surface area contributed by atoms with Gasteiger partial charge in [0.1, 0.15) is 17.1 Å². The van der Waals surface area contributed by atoms with Crippen LogP contribution in [0.5, 0.6) is 5.75 Å². The Kier molecular flexibility index (Phi) is 5.06. The van der Waals surface area contributed by atoms with E-state index in [4.69, 9.17) is 16.3 Å². The Hall–Kier alpha value is -2.38. The van der Waals surface area contributed by atoms with E-state index in [-0.39, 0.29) is 5.91 Å². The summed E-state index contributed by atoms with van der Waals surface area (Å²) in [6.45, 7) is 1.76. The second-order valence-electron chi connectivity index (χ2n) is 5.21. The maximum atomic E-state index is 12.5. The largest absolute Gasteiger partial charge is 0.496 e. The smallest absolute Gasteiger partial charge is 0.290 e. The first-order chi connectivity index (χ1) is 12.0. The standard InChI is InChI=1S/C17H14BrClN4O2/c1-10-16(23-9-13(19)4-6-15(23)21-10)17(24)22-20-8-11-7-12(18)3-5-14(11)25-2/h3-9H,1-2H3,(H,22,24)/b20-8-. The van der Waals surface area contributed by atoms with Gasteiger partial charge in [-0.1, -0.05) is 27.5 Å². The molecular weight excluding hydrogens is 408 g/mol. The summed E-state index contributed by atoms with van der Waals surface area (Å²) in [6.07, 6.45) is 3.17. The molecule has 1 N–H and O–H groups in total. The highest BCUT2D eigenvalue weighted by Crippen LogP contribution is 2.21. The highest BCUT2D eigenvalue weighted by atomic mass is 79.9. The first-order valence-corrected chi connectivity index (χ1v) is 8.48. The molecule has 8 heteroatoms. The molecule has 0 saturated carbocycles. The van der Waals surface area contributed by atoms with Crippen molar-refractivity contribution in [3.63, 3.8) is 0 Å². The lowest BCUT2D eigenvalue weighted by Crippen LogP contribution is -2.20. The maximum absolute atomic E-state index is 12.5. The van der Waals surface area contributed by atoms with E-state index in [2.05, 4.69) is 31.4 Å². The Bertz CT molecular complexity index is 984. The molecule has 6 nitrogen and oxygen atoms in total. The lowest BCUT2D eigenvalue weighted by molar-refractivity contribution is 0.0948. The zero-order valence-electron chi connectivity index (χ0n) is 13.5. The molecule has 0 aliphatic rings. The number of hydrogen-bond donors (Lipinski definition) is 1. The molecule has 0 bridgehead atoms. The number of benzene rings is 1. The monoisotopic (exact) mass is 420 g/mol. The van der Waals surface area contributed by atoms with E-state index in [1.54, 1.807) is 36.8 Å². The van der Waals surface area contributed by atoms with Gasteiger partial charge in [-0.3, -0.25) is 9.20 Å². The number of nitrogens with zero attached hydrogens (tertiary/aromatic N) is 3. The zero-order valence-corrected chi connectivity index (χ0v) is 15.8. The molecule has 0 unspecified atom stereocenters. The van der Waals surface area contributed by atoms with Gasteiger partial charge in [-0.15, -0.1) is 0 Å². The SMILES string of the molecule is COc1ccc(Br)cc1/C=N\NC(=O)c1c(C)nc2ccc(Cl)cn12. The molecule has 1 aromatic carbocycles. The topological polar surface area (TPSA) is 68.0 Å². The van der Waals surface area contributed by atoms with Crippen LogP contribution in [-0.2, 0) is 0 Å². The van der Waals surface area contributed by atoms with Crippen LogP contribution < -0.4 is 10.2 Å². The highest BCUT2D eigenvalue weighted by Gasteiger charge is 2.16. The lowest BCUT2D eigenvalue weighted by Gasteiger charge is -2.05. The first kappa shape index (κ1) is 17.4. The summed E-state index contributed by atoms with van der Waals surface area (Å²) >= 11 is 9.40. The summed E-state index contributed by atoms with van der Waals surface area (Å²) in [4.78, 5) is 16.8. The average molecular weight is 422 g/mol. The van der Waals surface area contributed by atoms with Gasteiger partial charge in [0.25, 0.3) is 5.91 Å². The fraction of sp³-hybridized carbons (Fsp3) is 0.118. The van der Waals surface area contributed by atoms with Crippen LogP contribution >= 0.6 is 27.5 Å². The molecule has 0 atom stereocenters. The van der Waals surface area contributed by atoms with Crippen molar-refractivity contribution in [3.05, 3.63) is 63.0 Å². The van der Waals surface area contributed by atoms with Crippen LogP contribution in [0.25, 0.3) is 5.65 Å². The number of halogens is 2. The number of fused-ring (bicyclic) bond motifs is 1. The fourth-order valence-corrected chi connectivity index (χ4v) is 2.97. The van der Waals surface area contributed by atoms with Crippen LogP contribution in [0, 0.1) is 6.92 Å². The number of hydrogen-bond acceptors (Lipinski definition) is 4. The highest BCUT2D eigenvalue weighted by molar-refractivity contribution is 9.10. The van der Waals surface area contributed by atoms with Crippen LogP contribution in [0.2, 0.25) is 5.02 Å². The molecule has 1 amide bonds. The Morgan fingerprint density at radius 1 is 1.40 bits per heavy atom. The number of ether oxygens (including phenoxy) is 1. The van der Waals surface area contributed by atoms with E-state index in [1.807, 2.05) is 18.2 Å². The van der Waals surface area contributed by atoms with E-state index in [9.17, 15) is 4.79 Å². The number of pyridine rings is 1. The molecule has 2 heterocycles. The van der Waals surface area contributed by atoms with Gasteiger partial charge in [-0.25, -0.2) is 10.4 Å². The summed E-state index contributed by atoms with van der Waals surface area (Å²) in [5, 5.41) is 4.53. The molecular formula is C17H14BrClN4O2.